The summed E-state index contributed by atoms with van der Waals surface area (Å²) in [5.41, 5.74) is -0.594. The minimum atomic E-state index is -1.29. The summed E-state index contributed by atoms with van der Waals surface area (Å²) in [6.45, 7) is 1.44. The van der Waals surface area contributed by atoms with Crippen LogP contribution in [0.3, 0.4) is 0 Å². The van der Waals surface area contributed by atoms with Crippen molar-refractivity contribution in [3.63, 3.8) is 0 Å². The number of carbonyl (C=O) groups is 2. The van der Waals surface area contributed by atoms with E-state index in [1.165, 1.54) is 25.3 Å². The zero-order valence-corrected chi connectivity index (χ0v) is 14.3. The first kappa shape index (κ1) is 17.6. The van der Waals surface area contributed by atoms with Gasteiger partial charge < -0.3 is 10.4 Å². The van der Waals surface area contributed by atoms with Crippen LogP contribution in [-0.4, -0.2) is 31.7 Å². The van der Waals surface area contributed by atoms with Crippen molar-refractivity contribution in [2.75, 3.05) is 5.32 Å². The molecule has 1 unspecified atom stereocenters. The number of pyridine rings is 1. The summed E-state index contributed by atoms with van der Waals surface area (Å²) in [5, 5.41) is 16.3. The van der Waals surface area contributed by atoms with Crippen LogP contribution in [0.2, 0.25) is 5.15 Å². The molecule has 0 radical (unpaired) electrons. The fourth-order valence-electron chi connectivity index (χ4n) is 2.45. The summed E-state index contributed by atoms with van der Waals surface area (Å²) in [7, 11) is 0. The highest BCUT2D eigenvalue weighted by Gasteiger charge is 2.23. The summed E-state index contributed by atoms with van der Waals surface area (Å²) in [6, 6.07) is 8.29. The lowest BCUT2D eigenvalue weighted by Crippen LogP contribution is -2.34. The number of nitrogens with one attached hydrogen (secondary N) is 1. The average Bonchev–Trinajstić information content (AvgIpc) is 2.63. The zero-order valence-electron chi connectivity index (χ0n) is 13.5. The van der Waals surface area contributed by atoms with Crippen LogP contribution >= 0.6 is 11.6 Å². The summed E-state index contributed by atoms with van der Waals surface area (Å²) < 4.78 is 0.853. The Morgan fingerprint density at radius 1 is 1.19 bits per heavy atom. The van der Waals surface area contributed by atoms with Crippen LogP contribution in [-0.2, 0) is 4.79 Å². The van der Waals surface area contributed by atoms with Crippen LogP contribution < -0.4 is 10.9 Å². The molecule has 0 spiro atoms. The van der Waals surface area contributed by atoms with E-state index in [1.807, 2.05) is 0 Å². The van der Waals surface area contributed by atoms with Crippen LogP contribution in [0.15, 0.2) is 47.4 Å². The van der Waals surface area contributed by atoms with E-state index < -0.39 is 23.5 Å². The number of fused-ring (bicyclic) bond motifs is 1. The molecular formula is C17H13ClN4O4. The normalized spacial score (nSPS) is 11.9. The molecule has 2 aromatic heterocycles. The van der Waals surface area contributed by atoms with Crippen molar-refractivity contribution in [3.8, 4) is 0 Å². The molecule has 2 N–H and O–H groups in total. The molecule has 1 aromatic carbocycles. The predicted molar refractivity (Wildman–Crippen MR) is 95.6 cm³/mol. The second kappa shape index (κ2) is 6.93. The van der Waals surface area contributed by atoms with Gasteiger partial charge in [-0.15, -0.1) is 0 Å². The second-order valence-electron chi connectivity index (χ2n) is 5.46. The minimum Gasteiger partial charge on any atom is -0.476 e. The van der Waals surface area contributed by atoms with Gasteiger partial charge in [-0.2, -0.15) is 5.10 Å². The van der Waals surface area contributed by atoms with E-state index in [4.69, 9.17) is 11.6 Å². The molecule has 1 atom stereocenters. The third-order valence-electron chi connectivity index (χ3n) is 3.79. The molecule has 3 rings (SSSR count). The Balaban J connectivity index is 2.05. The Labute approximate surface area is 152 Å². The molecule has 3 aromatic rings. The molecule has 0 aliphatic carbocycles. The standard InChI is InChI=1S/C17H13ClN4O4/c1-9(15(23)20-12-7-4-8-19-14(12)18)22-16(24)11-6-3-2-5-10(11)13(21-22)17(25)26/h2-9H,1H3,(H,20,23)(H,25,26). The summed E-state index contributed by atoms with van der Waals surface area (Å²) in [4.78, 5) is 40.5. The minimum absolute atomic E-state index is 0.0955. The molecule has 8 nitrogen and oxygen atoms in total. The monoisotopic (exact) mass is 372 g/mol. The van der Waals surface area contributed by atoms with Gasteiger partial charge in [-0.05, 0) is 25.1 Å². The van der Waals surface area contributed by atoms with E-state index in [0.717, 1.165) is 4.68 Å². The smallest absolute Gasteiger partial charge is 0.357 e. The number of anilines is 1. The van der Waals surface area contributed by atoms with Crippen LogP contribution in [0, 0.1) is 0 Å². The highest BCUT2D eigenvalue weighted by Crippen LogP contribution is 2.20. The van der Waals surface area contributed by atoms with Gasteiger partial charge in [-0.3, -0.25) is 9.59 Å². The maximum Gasteiger partial charge on any atom is 0.357 e. The van der Waals surface area contributed by atoms with E-state index >= 15 is 0 Å². The summed E-state index contributed by atoms with van der Waals surface area (Å²) in [6.07, 6.45) is 1.47. The number of nitrogens with zero attached hydrogens (tertiary/aromatic N) is 3. The number of halogens is 1. The van der Waals surface area contributed by atoms with Gasteiger partial charge >= 0.3 is 5.97 Å². The number of carboxylic acids is 1. The highest BCUT2D eigenvalue weighted by molar-refractivity contribution is 6.32. The Bertz CT molecular complexity index is 1080. The first-order valence-electron chi connectivity index (χ1n) is 7.56. The van der Waals surface area contributed by atoms with Crippen molar-refractivity contribution in [3.05, 3.63) is 63.8 Å². The van der Waals surface area contributed by atoms with Crippen molar-refractivity contribution >= 4 is 39.9 Å². The van der Waals surface area contributed by atoms with E-state index in [0.29, 0.717) is 0 Å². The molecule has 0 fully saturated rings. The summed E-state index contributed by atoms with van der Waals surface area (Å²) in [5.74, 6) is -1.88. The Kier molecular flexibility index (Phi) is 4.68. The van der Waals surface area contributed by atoms with E-state index in [9.17, 15) is 19.5 Å². The van der Waals surface area contributed by atoms with Gasteiger partial charge in [0, 0.05) is 11.6 Å². The largest absolute Gasteiger partial charge is 0.476 e. The van der Waals surface area contributed by atoms with Gasteiger partial charge in [0.05, 0.1) is 11.1 Å². The molecule has 2 heterocycles. The SMILES string of the molecule is CC(C(=O)Nc1cccnc1Cl)n1nc(C(=O)O)c2ccccc2c1=O. The van der Waals surface area contributed by atoms with Gasteiger partial charge in [0.25, 0.3) is 5.56 Å². The second-order valence-corrected chi connectivity index (χ2v) is 5.81. The van der Waals surface area contributed by atoms with Crippen molar-refractivity contribution in [2.24, 2.45) is 0 Å². The lowest BCUT2D eigenvalue weighted by molar-refractivity contribution is -0.119. The van der Waals surface area contributed by atoms with E-state index in [1.54, 1.807) is 24.3 Å². The topological polar surface area (TPSA) is 114 Å². The molecule has 132 valence electrons. The van der Waals surface area contributed by atoms with Gasteiger partial charge in [-0.1, -0.05) is 29.8 Å². The van der Waals surface area contributed by atoms with Crippen molar-refractivity contribution in [1.82, 2.24) is 14.8 Å². The van der Waals surface area contributed by atoms with Gasteiger partial charge in [-0.25, -0.2) is 14.5 Å². The van der Waals surface area contributed by atoms with Crippen LogP contribution in [0.5, 0.6) is 0 Å². The van der Waals surface area contributed by atoms with Crippen LogP contribution in [0.4, 0.5) is 5.69 Å². The van der Waals surface area contributed by atoms with Crippen molar-refractivity contribution in [2.45, 2.75) is 13.0 Å². The van der Waals surface area contributed by atoms with E-state index in [2.05, 4.69) is 15.4 Å². The van der Waals surface area contributed by atoms with Gasteiger partial charge in [0.2, 0.25) is 5.91 Å². The third kappa shape index (κ3) is 3.14. The quantitative estimate of drug-likeness (QED) is 0.679. The van der Waals surface area contributed by atoms with Crippen molar-refractivity contribution < 1.29 is 14.7 Å². The summed E-state index contributed by atoms with van der Waals surface area (Å²) >= 11 is 5.91. The van der Waals surface area contributed by atoms with Crippen LogP contribution in [0.25, 0.3) is 10.8 Å². The molecule has 0 saturated carbocycles. The number of carbonyl (C=O) groups excluding carboxylic acids is 1. The van der Waals surface area contributed by atoms with E-state index in [-0.39, 0.29) is 27.3 Å². The number of aromatic carboxylic acids is 1. The van der Waals surface area contributed by atoms with Crippen molar-refractivity contribution in [1.29, 1.82) is 0 Å². The number of amides is 1. The fraction of sp³-hybridized carbons (Fsp3) is 0.118. The Morgan fingerprint density at radius 2 is 1.88 bits per heavy atom. The maximum absolute atomic E-state index is 12.7. The molecule has 0 bridgehead atoms. The maximum atomic E-state index is 12.7. The lowest BCUT2D eigenvalue weighted by Gasteiger charge is -2.16. The molecule has 0 aliphatic heterocycles. The van der Waals surface area contributed by atoms with Gasteiger partial charge in [0.15, 0.2) is 10.8 Å². The molecule has 0 saturated heterocycles. The highest BCUT2D eigenvalue weighted by atomic mass is 35.5. The lowest BCUT2D eigenvalue weighted by atomic mass is 10.1. The third-order valence-corrected chi connectivity index (χ3v) is 4.10. The molecular weight excluding hydrogens is 360 g/mol. The predicted octanol–water partition coefficient (Wildman–Crippen LogP) is 2.34. The first-order valence-corrected chi connectivity index (χ1v) is 7.94. The number of hydrogen-bond donors (Lipinski definition) is 2. The van der Waals surface area contributed by atoms with Gasteiger partial charge in [0.1, 0.15) is 6.04 Å². The number of benzene rings is 1. The number of aromatic nitrogens is 3. The van der Waals surface area contributed by atoms with Crippen LogP contribution in [0.1, 0.15) is 23.5 Å². The first-order chi connectivity index (χ1) is 12.4. The number of rotatable bonds is 4. The molecule has 1 amide bonds. The number of carboxylic acid groups (broad SMARTS) is 1. The average molecular weight is 373 g/mol. The zero-order chi connectivity index (χ0) is 18.8. The molecule has 9 heteroatoms. The molecule has 0 aliphatic rings. The Morgan fingerprint density at radius 3 is 2.54 bits per heavy atom. The molecule has 26 heavy (non-hydrogen) atoms. The number of hydrogen-bond acceptors (Lipinski definition) is 5. The fourth-order valence-corrected chi connectivity index (χ4v) is 2.62. The Hall–Kier alpha value is -3.26.